The fourth-order valence-electron chi connectivity index (χ4n) is 2.03. The van der Waals surface area contributed by atoms with E-state index in [-0.39, 0.29) is 0 Å². The van der Waals surface area contributed by atoms with Gasteiger partial charge in [0.2, 0.25) is 0 Å². The van der Waals surface area contributed by atoms with Crippen molar-refractivity contribution in [3.05, 3.63) is 43.2 Å². The Morgan fingerprint density at radius 1 is 1.25 bits per heavy atom. The van der Waals surface area contributed by atoms with Gasteiger partial charge in [0.05, 0.1) is 10.4 Å². The molecule has 20 heavy (non-hydrogen) atoms. The molecule has 6 heteroatoms. The first-order chi connectivity index (χ1) is 9.60. The molecule has 0 radical (unpaired) electrons. The van der Waals surface area contributed by atoms with Gasteiger partial charge in [0.25, 0.3) is 0 Å². The van der Waals surface area contributed by atoms with Crippen LogP contribution >= 0.6 is 54.8 Å². The van der Waals surface area contributed by atoms with Crippen molar-refractivity contribution in [3.8, 4) is 10.7 Å². The molecule has 0 spiro atoms. The number of aryl methyl sites for hydroxylation is 1. The van der Waals surface area contributed by atoms with Gasteiger partial charge in [-0.05, 0) is 51.5 Å². The zero-order valence-corrected chi connectivity index (χ0v) is 15.2. The van der Waals surface area contributed by atoms with Gasteiger partial charge in [0, 0.05) is 14.3 Å². The molecule has 2 nitrogen and oxygen atoms in total. The van der Waals surface area contributed by atoms with Crippen LogP contribution in [0.25, 0.3) is 21.6 Å². The molecule has 0 aliphatic heterocycles. The summed E-state index contributed by atoms with van der Waals surface area (Å²) < 4.78 is 1.85. The third-order valence-electron chi connectivity index (χ3n) is 3.00. The Bertz CT molecular complexity index is 801. The largest absolute Gasteiger partial charge is 0.226 e. The van der Waals surface area contributed by atoms with Gasteiger partial charge in [-0.2, -0.15) is 0 Å². The van der Waals surface area contributed by atoms with E-state index in [0.29, 0.717) is 11.0 Å². The first kappa shape index (κ1) is 14.4. The Morgan fingerprint density at radius 2 is 2.05 bits per heavy atom. The number of nitrogens with zero attached hydrogens (tertiary/aromatic N) is 2. The summed E-state index contributed by atoms with van der Waals surface area (Å²) in [6.45, 7) is 2.13. The molecule has 0 unspecified atom stereocenters. The molecule has 0 N–H and O–H groups in total. The fourth-order valence-corrected chi connectivity index (χ4v) is 4.50. The number of hydrogen-bond donors (Lipinski definition) is 0. The Morgan fingerprint density at radius 3 is 2.80 bits per heavy atom. The zero-order valence-electron chi connectivity index (χ0n) is 10.5. The van der Waals surface area contributed by atoms with E-state index in [9.17, 15) is 0 Å². The van der Waals surface area contributed by atoms with Gasteiger partial charge < -0.3 is 0 Å². The van der Waals surface area contributed by atoms with E-state index in [1.54, 1.807) is 11.3 Å². The lowest BCUT2D eigenvalue weighted by molar-refractivity contribution is 1.14. The Labute approximate surface area is 142 Å². The van der Waals surface area contributed by atoms with Crippen LogP contribution in [-0.4, -0.2) is 9.97 Å². The number of aromatic nitrogens is 2. The van der Waals surface area contributed by atoms with Crippen LogP contribution < -0.4 is 0 Å². The average Bonchev–Trinajstić information content (AvgIpc) is 2.88. The molecule has 2 heterocycles. The summed E-state index contributed by atoms with van der Waals surface area (Å²) in [4.78, 5) is 10.2. The second-order valence-corrected chi connectivity index (χ2v) is 7.29. The van der Waals surface area contributed by atoms with Crippen molar-refractivity contribution >= 4 is 65.7 Å². The number of benzene rings is 1. The molecule has 0 amide bonds. The molecular formula is C14H9Br2ClN2S. The van der Waals surface area contributed by atoms with Crippen LogP contribution in [0.15, 0.2) is 32.5 Å². The monoisotopic (exact) mass is 430 g/mol. The van der Waals surface area contributed by atoms with E-state index in [2.05, 4.69) is 60.2 Å². The summed E-state index contributed by atoms with van der Waals surface area (Å²) in [5, 5.41) is 3.38. The highest BCUT2D eigenvalue weighted by Gasteiger charge is 2.14. The van der Waals surface area contributed by atoms with Crippen molar-refractivity contribution in [2.45, 2.75) is 13.3 Å². The van der Waals surface area contributed by atoms with Crippen LogP contribution in [0.4, 0.5) is 0 Å². The molecule has 0 bridgehead atoms. The van der Waals surface area contributed by atoms with E-state index in [0.717, 1.165) is 31.1 Å². The first-order valence-electron chi connectivity index (χ1n) is 5.99. The number of fused-ring (bicyclic) bond motifs is 1. The summed E-state index contributed by atoms with van der Waals surface area (Å²) in [5.41, 5.74) is 2.08. The molecule has 0 aliphatic carbocycles. The van der Waals surface area contributed by atoms with Gasteiger partial charge >= 0.3 is 0 Å². The average molecular weight is 433 g/mol. The lowest BCUT2D eigenvalue weighted by atomic mass is 10.2. The summed E-state index contributed by atoms with van der Waals surface area (Å²) in [6.07, 6.45) is 0.958. The highest BCUT2D eigenvalue weighted by molar-refractivity contribution is 9.11. The molecule has 0 saturated heterocycles. The van der Waals surface area contributed by atoms with Crippen LogP contribution in [0.1, 0.15) is 12.5 Å². The summed E-state index contributed by atoms with van der Waals surface area (Å²) in [5.74, 6) is 0.692. The molecule has 0 saturated carbocycles. The van der Waals surface area contributed by atoms with Crippen LogP contribution in [0.5, 0.6) is 0 Å². The van der Waals surface area contributed by atoms with Gasteiger partial charge in [-0.3, -0.25) is 0 Å². The maximum absolute atomic E-state index is 6.33. The normalized spacial score (nSPS) is 11.2. The van der Waals surface area contributed by atoms with E-state index < -0.39 is 0 Å². The number of thiophene rings is 1. The highest BCUT2D eigenvalue weighted by Crippen LogP contribution is 2.34. The van der Waals surface area contributed by atoms with Crippen molar-refractivity contribution in [1.29, 1.82) is 0 Å². The molecule has 0 aliphatic rings. The quantitative estimate of drug-likeness (QED) is 0.457. The lowest BCUT2D eigenvalue weighted by Gasteiger charge is -2.07. The zero-order chi connectivity index (χ0) is 14.3. The maximum atomic E-state index is 6.33. The Hall–Kier alpha value is -0.490. The molecule has 1 aromatic carbocycles. The minimum Gasteiger partial charge on any atom is -0.226 e. The maximum Gasteiger partial charge on any atom is 0.171 e. The van der Waals surface area contributed by atoms with Crippen LogP contribution in [0, 0.1) is 0 Å². The van der Waals surface area contributed by atoms with Crippen LogP contribution in [0.3, 0.4) is 0 Å². The van der Waals surface area contributed by atoms with Gasteiger partial charge in [0.15, 0.2) is 5.82 Å². The lowest BCUT2D eigenvalue weighted by Crippen LogP contribution is -1.93. The Balaban J connectivity index is 2.30. The van der Waals surface area contributed by atoms with Gasteiger partial charge in [-0.1, -0.05) is 34.5 Å². The second kappa shape index (κ2) is 5.72. The predicted molar refractivity (Wildman–Crippen MR) is 92.6 cm³/mol. The second-order valence-electron chi connectivity index (χ2n) is 4.25. The smallest absolute Gasteiger partial charge is 0.171 e. The van der Waals surface area contributed by atoms with Gasteiger partial charge in [0.1, 0.15) is 5.15 Å². The molecule has 0 fully saturated rings. The third-order valence-corrected chi connectivity index (χ3v) is 5.31. The summed E-state index contributed by atoms with van der Waals surface area (Å²) >= 11 is 15.0. The van der Waals surface area contributed by atoms with Gasteiger partial charge in [-0.15, -0.1) is 11.3 Å². The Kier molecular flexibility index (Phi) is 4.13. The molecular weight excluding hydrogens is 423 g/mol. The van der Waals surface area contributed by atoms with Crippen molar-refractivity contribution in [3.63, 3.8) is 0 Å². The molecule has 3 aromatic rings. The summed E-state index contributed by atoms with van der Waals surface area (Å²) in [7, 11) is 0. The highest BCUT2D eigenvalue weighted by atomic mass is 79.9. The van der Waals surface area contributed by atoms with Gasteiger partial charge in [-0.25, -0.2) is 9.97 Å². The van der Waals surface area contributed by atoms with Crippen molar-refractivity contribution in [2.75, 3.05) is 0 Å². The number of halogens is 3. The summed E-state index contributed by atoms with van der Waals surface area (Å²) in [6, 6.07) is 6.00. The van der Waals surface area contributed by atoms with E-state index in [1.165, 1.54) is 5.56 Å². The first-order valence-corrected chi connectivity index (χ1v) is 8.83. The SMILES string of the molecule is CCc1ccsc1-c1nc(Cl)c2cc(Br)cc(Br)c2n1. The minimum absolute atomic E-state index is 0.474. The third kappa shape index (κ3) is 2.52. The fraction of sp³-hybridized carbons (Fsp3) is 0.143. The number of hydrogen-bond acceptors (Lipinski definition) is 3. The minimum atomic E-state index is 0.474. The van der Waals surface area contributed by atoms with Crippen molar-refractivity contribution < 1.29 is 0 Å². The number of rotatable bonds is 2. The topological polar surface area (TPSA) is 25.8 Å². The molecule has 2 aromatic heterocycles. The molecule has 0 atom stereocenters. The molecule has 3 rings (SSSR count). The standard InChI is InChI=1S/C14H9Br2ClN2S/c1-2-7-3-4-20-12(7)14-18-11-9(13(17)19-14)5-8(15)6-10(11)16/h3-6H,2H2,1H3. The predicted octanol–water partition coefficient (Wildman–Crippen LogP) is 6.10. The molecule has 102 valence electrons. The van der Waals surface area contributed by atoms with E-state index >= 15 is 0 Å². The van der Waals surface area contributed by atoms with Crippen LogP contribution in [0.2, 0.25) is 5.15 Å². The van der Waals surface area contributed by atoms with E-state index in [4.69, 9.17) is 11.6 Å². The van der Waals surface area contributed by atoms with Crippen LogP contribution in [-0.2, 0) is 6.42 Å². The van der Waals surface area contributed by atoms with Crippen molar-refractivity contribution in [1.82, 2.24) is 9.97 Å². The van der Waals surface area contributed by atoms with E-state index in [1.807, 2.05) is 12.1 Å². The van der Waals surface area contributed by atoms with Crippen molar-refractivity contribution in [2.24, 2.45) is 0 Å².